The Morgan fingerprint density at radius 1 is 1.12 bits per heavy atom. The first kappa shape index (κ1) is 21.4. The van der Waals surface area contributed by atoms with Crippen molar-refractivity contribution in [3.63, 3.8) is 0 Å². The molecule has 1 amide bonds. The molecule has 0 unspecified atom stereocenters. The fourth-order valence-corrected chi connectivity index (χ4v) is 4.43. The van der Waals surface area contributed by atoms with Gasteiger partial charge in [0.05, 0.1) is 31.7 Å². The van der Waals surface area contributed by atoms with E-state index >= 15 is 0 Å². The Kier molecular flexibility index (Phi) is 5.93. The Morgan fingerprint density at radius 2 is 1.91 bits per heavy atom. The van der Waals surface area contributed by atoms with Gasteiger partial charge in [0, 0.05) is 12.7 Å². The Labute approximate surface area is 191 Å². The molecule has 170 valence electrons. The van der Waals surface area contributed by atoms with E-state index in [1.54, 1.807) is 16.7 Å². The maximum absolute atomic E-state index is 13.3. The number of carbonyl (C=O) groups is 1. The largest absolute Gasteiger partial charge is 0.370 e. The van der Waals surface area contributed by atoms with Gasteiger partial charge in [-0.1, -0.05) is 36.4 Å². The molecule has 3 aromatic heterocycles. The maximum Gasteiger partial charge on any atom is 0.268 e. The predicted molar refractivity (Wildman–Crippen MR) is 126 cm³/mol. The minimum atomic E-state index is -0.193. The molecule has 0 saturated carbocycles. The molecular formula is C25H28N5O3+. The number of amides is 1. The topological polar surface area (TPSA) is 82.1 Å². The molecule has 0 aliphatic carbocycles. The summed E-state index contributed by atoms with van der Waals surface area (Å²) in [5, 5.41) is 3.49. The van der Waals surface area contributed by atoms with Gasteiger partial charge in [0.2, 0.25) is 0 Å². The van der Waals surface area contributed by atoms with E-state index in [1.165, 1.54) is 4.90 Å². The number of aryl methyl sites for hydroxylation is 1. The third kappa shape index (κ3) is 4.27. The summed E-state index contributed by atoms with van der Waals surface area (Å²) >= 11 is 0. The van der Waals surface area contributed by atoms with E-state index in [1.807, 2.05) is 54.0 Å². The zero-order valence-electron chi connectivity index (χ0n) is 18.7. The molecule has 1 aliphatic heterocycles. The van der Waals surface area contributed by atoms with Crippen LogP contribution in [0.1, 0.15) is 21.6 Å². The van der Waals surface area contributed by atoms with Crippen LogP contribution >= 0.6 is 0 Å². The van der Waals surface area contributed by atoms with Gasteiger partial charge in [0.1, 0.15) is 30.1 Å². The Balaban J connectivity index is 1.53. The molecular weight excluding hydrogens is 418 g/mol. The van der Waals surface area contributed by atoms with E-state index < -0.39 is 0 Å². The van der Waals surface area contributed by atoms with Gasteiger partial charge < -0.3 is 19.5 Å². The minimum absolute atomic E-state index is 0.169. The average molecular weight is 447 g/mol. The standard InChI is InChI=1S/C25H27N5O3/c1-18-6-5-10-29-22(18)27-23-20(25(29)32)16-21(30(23)17-19-7-3-2-4-8-19)24(31)26-9-11-28-12-14-33-15-13-28/h2-8,10,16H,9,11-15,17H2,1H3,(H,26,31)/p+1. The summed E-state index contributed by atoms with van der Waals surface area (Å²) in [6.07, 6.45) is 1.72. The number of rotatable bonds is 6. The molecule has 0 bridgehead atoms. The highest BCUT2D eigenvalue weighted by Crippen LogP contribution is 2.19. The number of morpholine rings is 1. The van der Waals surface area contributed by atoms with Crippen LogP contribution in [0.4, 0.5) is 0 Å². The summed E-state index contributed by atoms with van der Waals surface area (Å²) in [5.74, 6) is -0.193. The predicted octanol–water partition coefficient (Wildman–Crippen LogP) is 0.651. The highest BCUT2D eigenvalue weighted by Gasteiger charge is 2.21. The molecule has 4 aromatic rings. The number of hydrogen-bond acceptors (Lipinski definition) is 4. The zero-order valence-corrected chi connectivity index (χ0v) is 18.7. The van der Waals surface area contributed by atoms with Crippen LogP contribution in [0.5, 0.6) is 0 Å². The number of ether oxygens (including phenoxy) is 1. The third-order valence-corrected chi connectivity index (χ3v) is 6.27. The smallest absolute Gasteiger partial charge is 0.268 e. The van der Waals surface area contributed by atoms with E-state index in [0.717, 1.165) is 44.0 Å². The monoisotopic (exact) mass is 446 g/mol. The van der Waals surface area contributed by atoms with Crippen LogP contribution in [0.2, 0.25) is 0 Å². The molecule has 0 radical (unpaired) electrons. The van der Waals surface area contributed by atoms with Crippen LogP contribution < -0.4 is 15.8 Å². The number of aromatic nitrogens is 3. The molecule has 2 N–H and O–H groups in total. The molecule has 33 heavy (non-hydrogen) atoms. The van der Waals surface area contributed by atoms with Crippen molar-refractivity contribution in [2.24, 2.45) is 0 Å². The van der Waals surface area contributed by atoms with E-state index in [0.29, 0.717) is 35.5 Å². The lowest BCUT2D eigenvalue weighted by molar-refractivity contribution is -0.906. The van der Waals surface area contributed by atoms with Gasteiger partial charge in [-0.05, 0) is 30.2 Å². The fraction of sp³-hybridized carbons (Fsp3) is 0.320. The highest BCUT2D eigenvalue weighted by atomic mass is 16.5. The van der Waals surface area contributed by atoms with Crippen LogP contribution in [-0.2, 0) is 11.3 Å². The van der Waals surface area contributed by atoms with Gasteiger partial charge in [0.15, 0.2) is 0 Å². The number of nitrogens with one attached hydrogen (secondary N) is 2. The maximum atomic E-state index is 13.3. The van der Waals surface area contributed by atoms with Crippen LogP contribution in [0.25, 0.3) is 16.7 Å². The van der Waals surface area contributed by atoms with Crippen LogP contribution in [-0.4, -0.2) is 59.3 Å². The number of fused-ring (bicyclic) bond motifs is 2. The first-order chi connectivity index (χ1) is 16.1. The highest BCUT2D eigenvalue weighted by molar-refractivity contribution is 5.98. The molecule has 1 aliphatic rings. The normalized spacial score (nSPS) is 14.7. The summed E-state index contributed by atoms with van der Waals surface area (Å²) in [4.78, 5) is 32.7. The number of pyridine rings is 1. The van der Waals surface area contributed by atoms with Crippen molar-refractivity contribution in [2.75, 3.05) is 39.4 Å². The van der Waals surface area contributed by atoms with Crippen molar-refractivity contribution in [1.29, 1.82) is 0 Å². The van der Waals surface area contributed by atoms with Crippen LogP contribution in [0.3, 0.4) is 0 Å². The molecule has 1 aromatic carbocycles. The van der Waals surface area contributed by atoms with Gasteiger partial charge in [-0.2, -0.15) is 0 Å². The summed E-state index contributed by atoms with van der Waals surface area (Å²) in [7, 11) is 0. The SMILES string of the molecule is Cc1cccn2c(=O)c3cc(C(=O)NCC[NH+]4CCOCC4)n(Cc4ccccc4)c3nc12. The molecule has 1 saturated heterocycles. The van der Waals surface area contributed by atoms with Gasteiger partial charge >= 0.3 is 0 Å². The first-order valence-electron chi connectivity index (χ1n) is 11.4. The summed E-state index contributed by atoms with van der Waals surface area (Å²) in [5.41, 5.74) is 3.35. The van der Waals surface area contributed by atoms with Gasteiger partial charge in [0.25, 0.3) is 11.5 Å². The van der Waals surface area contributed by atoms with Crippen molar-refractivity contribution in [3.8, 4) is 0 Å². The number of benzene rings is 1. The van der Waals surface area contributed by atoms with Gasteiger partial charge in [-0.25, -0.2) is 4.98 Å². The van der Waals surface area contributed by atoms with Crippen molar-refractivity contribution < 1.29 is 14.4 Å². The molecule has 8 heteroatoms. The van der Waals surface area contributed by atoms with E-state index in [2.05, 4.69) is 5.32 Å². The molecule has 0 atom stereocenters. The summed E-state index contributed by atoms with van der Waals surface area (Å²) < 4.78 is 8.81. The Morgan fingerprint density at radius 3 is 2.70 bits per heavy atom. The molecule has 1 fully saturated rings. The molecule has 5 rings (SSSR count). The van der Waals surface area contributed by atoms with Crippen LogP contribution in [0, 0.1) is 6.92 Å². The zero-order chi connectivity index (χ0) is 22.8. The minimum Gasteiger partial charge on any atom is -0.370 e. The van der Waals surface area contributed by atoms with Crippen LogP contribution in [0.15, 0.2) is 59.5 Å². The van der Waals surface area contributed by atoms with Crippen molar-refractivity contribution in [2.45, 2.75) is 13.5 Å². The lowest BCUT2D eigenvalue weighted by Gasteiger charge is -2.23. The Hall–Kier alpha value is -3.49. The number of hydrogen-bond donors (Lipinski definition) is 2. The van der Waals surface area contributed by atoms with Gasteiger partial charge in [-0.3, -0.25) is 14.0 Å². The lowest BCUT2D eigenvalue weighted by Crippen LogP contribution is -3.14. The lowest BCUT2D eigenvalue weighted by atomic mass is 10.2. The second-order valence-electron chi connectivity index (χ2n) is 8.51. The fourth-order valence-electron chi connectivity index (χ4n) is 4.43. The summed E-state index contributed by atoms with van der Waals surface area (Å²) in [6.45, 7) is 7.23. The van der Waals surface area contributed by atoms with Crippen molar-refractivity contribution in [3.05, 3.63) is 81.9 Å². The van der Waals surface area contributed by atoms with Crippen molar-refractivity contribution in [1.82, 2.24) is 19.3 Å². The Bertz CT molecular complexity index is 1350. The van der Waals surface area contributed by atoms with Crippen molar-refractivity contribution >= 4 is 22.6 Å². The second-order valence-corrected chi connectivity index (χ2v) is 8.51. The number of carbonyl (C=O) groups excluding carboxylic acids is 1. The van der Waals surface area contributed by atoms with E-state index in [4.69, 9.17) is 9.72 Å². The number of nitrogens with zero attached hydrogens (tertiary/aromatic N) is 3. The van der Waals surface area contributed by atoms with E-state index in [-0.39, 0.29) is 11.5 Å². The molecule has 0 spiro atoms. The molecule has 8 nitrogen and oxygen atoms in total. The average Bonchev–Trinajstić information content (AvgIpc) is 3.20. The second kappa shape index (κ2) is 9.17. The quantitative estimate of drug-likeness (QED) is 0.456. The van der Waals surface area contributed by atoms with E-state index in [9.17, 15) is 9.59 Å². The van der Waals surface area contributed by atoms with Gasteiger partial charge in [-0.15, -0.1) is 0 Å². The molecule has 4 heterocycles. The first-order valence-corrected chi connectivity index (χ1v) is 11.4. The number of quaternary nitrogens is 1. The third-order valence-electron chi connectivity index (χ3n) is 6.27. The summed E-state index contributed by atoms with van der Waals surface area (Å²) in [6, 6.07) is 15.4.